The van der Waals surface area contributed by atoms with Gasteiger partial charge in [-0.2, -0.15) is 132 Å². The van der Waals surface area contributed by atoms with Crippen LogP contribution in [0.25, 0.3) is 10.2 Å². The van der Waals surface area contributed by atoms with E-state index < -0.39 is 195 Å². The second-order valence-electron chi connectivity index (χ2n) is 16.5. The molecule has 0 spiro atoms. The fourth-order valence-corrected chi connectivity index (χ4v) is 9.09. The van der Waals surface area contributed by atoms with Crippen molar-refractivity contribution in [3.63, 3.8) is 0 Å². The largest absolute Gasteiger partial charge is 0.416 e. The Bertz CT molecular complexity index is 2710. The van der Waals surface area contributed by atoms with Gasteiger partial charge in [0.2, 0.25) is 11.0 Å². The lowest BCUT2D eigenvalue weighted by Crippen LogP contribution is -2.75. The van der Waals surface area contributed by atoms with Crippen LogP contribution in [0.15, 0.2) is 127 Å². The minimum atomic E-state index is -6.13. The van der Waals surface area contributed by atoms with Crippen molar-refractivity contribution in [2.24, 2.45) is 0 Å². The Balaban J connectivity index is 0.000000436. The highest BCUT2D eigenvalue weighted by molar-refractivity contribution is 7.20. The molecule has 0 aliphatic rings. The van der Waals surface area contributed by atoms with E-state index in [-0.39, 0.29) is 0 Å². The number of rotatable bonds is 6. The summed E-state index contributed by atoms with van der Waals surface area (Å²) in [6.45, 7) is 3.09. The fraction of sp³-hybridized carbons (Fsp3) is 0.213. The Kier molecular flexibility index (Phi) is 14.9. The zero-order valence-corrected chi connectivity index (χ0v) is 37.2. The van der Waals surface area contributed by atoms with E-state index in [0.717, 1.165) is 6.54 Å². The number of aryl methyl sites for hydroxylation is 1. The van der Waals surface area contributed by atoms with Crippen molar-refractivity contribution in [1.82, 2.24) is 0 Å². The average Bonchev–Trinajstić information content (AvgIpc) is 3.65. The highest BCUT2D eigenvalue weighted by atomic mass is 32.1. The smallest absolute Gasteiger partial charge is 0.194 e. The van der Waals surface area contributed by atoms with Crippen molar-refractivity contribution >= 4 is 49.6 Å². The van der Waals surface area contributed by atoms with Gasteiger partial charge >= 0.3 is 49.4 Å². The molecule has 0 fully saturated rings. The molecule has 7 aromatic rings. The normalized spacial score (nSPS) is 13.5. The maximum Gasteiger partial charge on any atom is 0.416 e. The number of benzene rings is 6. The second-order valence-corrected chi connectivity index (χ2v) is 17.4. The van der Waals surface area contributed by atoms with Gasteiger partial charge in [-0.05, 0) is 42.8 Å². The molecular weight excluding hydrogens is 1080 g/mol. The summed E-state index contributed by atoms with van der Waals surface area (Å²) in [6.07, 6.45) is -54.8. The summed E-state index contributed by atoms with van der Waals surface area (Å²) in [4.78, 5) is 0. The maximum atomic E-state index is 14.2. The predicted molar refractivity (Wildman–Crippen MR) is 222 cm³/mol. The summed E-state index contributed by atoms with van der Waals surface area (Å²) in [7, 11) is 0. The zero-order chi connectivity index (χ0) is 55.6. The molecule has 27 heteroatoms. The standard InChI is InChI=1S/C32H12BF24.C15H14NS/c34-25(35,36)13-1-14(26(37,38)39)6-21(5-13)33(22-7-15(27(40,41)42)2-16(8-22)28(43,44)45,23-9-17(29(46,47)48)3-18(10-23)30(49,50)51)24-11-19(31(52,53)54)4-20(12-24)32(55,56)57;1-12-7-8-14-15(9-12)17-11-16(14)10-13-5-3-2-4-6-13/h1-12H;2-9,11H,10H2,1H3/q-1;+1. The van der Waals surface area contributed by atoms with Gasteiger partial charge in [-0.1, -0.05) is 96.3 Å². The summed E-state index contributed by atoms with van der Waals surface area (Å²) >= 11 is 1.81. The molecule has 0 bridgehead atoms. The van der Waals surface area contributed by atoms with E-state index in [9.17, 15) is 105 Å². The molecule has 0 saturated heterocycles. The molecule has 6 aromatic carbocycles. The van der Waals surface area contributed by atoms with Crippen LogP contribution < -0.4 is 26.4 Å². The molecule has 7 rings (SSSR count). The lowest BCUT2D eigenvalue weighted by Gasteiger charge is -2.46. The van der Waals surface area contributed by atoms with Crippen molar-refractivity contribution in [2.75, 3.05) is 0 Å². The first-order chi connectivity index (χ1) is 33.6. The topological polar surface area (TPSA) is 3.88 Å². The zero-order valence-electron chi connectivity index (χ0n) is 36.3. The number of halogens is 24. The molecule has 1 nitrogen and oxygen atoms in total. The van der Waals surface area contributed by atoms with Gasteiger partial charge in [-0.3, -0.25) is 0 Å². The summed E-state index contributed by atoms with van der Waals surface area (Å²) < 4.78 is 344. The molecule has 0 aliphatic heterocycles. The van der Waals surface area contributed by atoms with Gasteiger partial charge in [0.25, 0.3) is 0 Å². The van der Waals surface area contributed by atoms with Crippen LogP contribution in [0.4, 0.5) is 105 Å². The van der Waals surface area contributed by atoms with Crippen molar-refractivity contribution < 1.29 is 110 Å². The lowest BCUT2D eigenvalue weighted by molar-refractivity contribution is -0.658. The molecule has 0 saturated carbocycles. The maximum absolute atomic E-state index is 14.2. The van der Waals surface area contributed by atoms with Crippen molar-refractivity contribution in [3.8, 4) is 0 Å². The van der Waals surface area contributed by atoms with Crippen LogP contribution in [-0.2, 0) is 56.0 Å². The Morgan fingerprint density at radius 3 is 0.878 bits per heavy atom. The van der Waals surface area contributed by atoms with Crippen molar-refractivity contribution in [1.29, 1.82) is 0 Å². The number of nitrogens with zero attached hydrogens (tertiary/aromatic N) is 1. The van der Waals surface area contributed by atoms with Crippen LogP contribution >= 0.6 is 11.3 Å². The molecule has 0 unspecified atom stereocenters. The predicted octanol–water partition coefficient (Wildman–Crippen LogP) is 14.8. The van der Waals surface area contributed by atoms with Crippen LogP contribution in [0, 0.1) is 6.92 Å². The quantitative estimate of drug-likeness (QED) is 0.0888. The Hall–Kier alpha value is -6.41. The highest BCUT2D eigenvalue weighted by Gasteiger charge is 2.47. The highest BCUT2D eigenvalue weighted by Crippen LogP contribution is 2.41. The first-order valence-electron chi connectivity index (χ1n) is 20.4. The molecule has 74 heavy (non-hydrogen) atoms. The molecule has 0 atom stereocenters. The minimum absolute atomic E-state index is 0.691. The molecule has 1 aromatic heterocycles. The van der Waals surface area contributed by atoms with Gasteiger partial charge in [0.1, 0.15) is 10.8 Å². The summed E-state index contributed by atoms with van der Waals surface area (Å²) in [6, 6.07) is 8.42. The first kappa shape index (κ1) is 56.9. The number of thiazole rings is 1. The van der Waals surface area contributed by atoms with Crippen molar-refractivity contribution in [3.05, 3.63) is 182 Å². The van der Waals surface area contributed by atoms with Crippen LogP contribution in [-0.4, -0.2) is 6.15 Å². The van der Waals surface area contributed by atoms with E-state index >= 15 is 0 Å². The summed E-state index contributed by atoms with van der Waals surface area (Å²) in [5.41, 5.74) is -24.0. The first-order valence-corrected chi connectivity index (χ1v) is 21.2. The van der Waals surface area contributed by atoms with Gasteiger partial charge in [-0.25, -0.2) is 0 Å². The number of aromatic nitrogens is 1. The third-order valence-electron chi connectivity index (χ3n) is 11.4. The lowest BCUT2D eigenvalue weighted by atomic mass is 9.12. The summed E-state index contributed by atoms with van der Waals surface area (Å²) in [5.74, 6) is 0. The van der Waals surface area contributed by atoms with Gasteiger partial charge < -0.3 is 0 Å². The number of hydrogen-bond donors (Lipinski definition) is 0. The van der Waals surface area contributed by atoms with Gasteiger partial charge in [0, 0.05) is 11.6 Å². The van der Waals surface area contributed by atoms with Gasteiger partial charge in [0.05, 0.1) is 44.5 Å². The molecule has 1 heterocycles. The molecule has 0 amide bonds. The molecule has 396 valence electrons. The Morgan fingerprint density at radius 1 is 0.351 bits per heavy atom. The molecule has 0 N–H and O–H groups in total. The van der Waals surface area contributed by atoms with Gasteiger partial charge in [0.15, 0.2) is 6.54 Å². The number of fused-ring (bicyclic) bond motifs is 1. The van der Waals surface area contributed by atoms with E-state index in [2.05, 4.69) is 65.5 Å². The SMILES string of the molecule is Cc1ccc2c(c1)sc[n+]2Cc1ccccc1.FC(F)(F)c1cc([B-](c2cc(C(F)(F)F)cc(C(F)(F)F)c2)(c2cc(C(F)(F)F)cc(C(F)(F)F)c2)c2cc(C(F)(F)F)cc(C(F)(F)F)c2)cc(C(F)(F)F)c1. The Morgan fingerprint density at radius 2 is 0.622 bits per heavy atom. The van der Waals surface area contributed by atoms with E-state index in [1.807, 2.05) is 11.3 Å². The second kappa shape index (κ2) is 19.4. The summed E-state index contributed by atoms with van der Waals surface area (Å²) in [5, 5.41) is 0. The van der Waals surface area contributed by atoms with E-state index in [1.54, 1.807) is 0 Å². The van der Waals surface area contributed by atoms with E-state index in [0.29, 0.717) is 0 Å². The van der Waals surface area contributed by atoms with E-state index in [1.165, 1.54) is 21.3 Å². The average molecular weight is 1100 g/mol. The molecule has 0 radical (unpaired) electrons. The number of alkyl halides is 24. The van der Waals surface area contributed by atoms with Crippen LogP contribution in [0.1, 0.15) is 55.6 Å². The van der Waals surface area contributed by atoms with Crippen LogP contribution in [0.3, 0.4) is 0 Å². The minimum Gasteiger partial charge on any atom is -0.194 e. The fourth-order valence-electron chi connectivity index (χ4n) is 8.10. The molecule has 0 aliphatic carbocycles. The monoisotopic (exact) mass is 1100 g/mol. The van der Waals surface area contributed by atoms with E-state index in [4.69, 9.17) is 0 Å². The van der Waals surface area contributed by atoms with Gasteiger partial charge in [-0.15, -0.1) is 0 Å². The number of hydrogen-bond acceptors (Lipinski definition) is 1. The van der Waals surface area contributed by atoms with Crippen LogP contribution in [0.2, 0.25) is 0 Å². The third kappa shape index (κ3) is 12.6. The van der Waals surface area contributed by atoms with Crippen LogP contribution in [0.5, 0.6) is 0 Å². The Labute approximate surface area is 404 Å². The molecular formula is C47H26BF24NS. The van der Waals surface area contributed by atoms with Crippen molar-refractivity contribution in [2.45, 2.75) is 62.9 Å². The third-order valence-corrected chi connectivity index (χ3v) is 12.3.